The van der Waals surface area contributed by atoms with Crippen molar-refractivity contribution in [2.24, 2.45) is 7.05 Å². The minimum Gasteiger partial charge on any atom is -0.478 e. The third kappa shape index (κ3) is 3.79. The fraction of sp³-hybridized carbons (Fsp3) is 0.214. The van der Waals surface area contributed by atoms with Crippen molar-refractivity contribution in [2.75, 3.05) is 7.05 Å². The fourth-order valence-corrected chi connectivity index (χ4v) is 2.53. The Morgan fingerprint density at radius 1 is 1.52 bits per heavy atom. The van der Waals surface area contributed by atoms with Gasteiger partial charge < -0.3 is 14.6 Å². The predicted molar refractivity (Wildman–Crippen MR) is 80.0 cm³/mol. The van der Waals surface area contributed by atoms with Gasteiger partial charge in [0.2, 0.25) is 0 Å². The van der Waals surface area contributed by atoms with E-state index in [1.165, 1.54) is 17.4 Å². The number of rotatable bonds is 5. The number of aliphatic carboxylic acids is 1. The average Bonchev–Trinajstić information content (AvgIpc) is 3.05. The van der Waals surface area contributed by atoms with E-state index in [9.17, 15) is 9.59 Å². The number of amides is 1. The summed E-state index contributed by atoms with van der Waals surface area (Å²) < 4.78 is 1.86. The molecule has 6 nitrogen and oxygen atoms in total. The van der Waals surface area contributed by atoms with Gasteiger partial charge in [0.1, 0.15) is 5.82 Å². The van der Waals surface area contributed by atoms with Crippen LogP contribution in [-0.4, -0.2) is 38.5 Å². The summed E-state index contributed by atoms with van der Waals surface area (Å²) in [4.78, 5) is 29.2. The normalized spacial score (nSPS) is 11.0. The molecule has 0 bridgehead atoms. The molecule has 0 aliphatic rings. The molecule has 0 unspecified atom stereocenters. The zero-order valence-corrected chi connectivity index (χ0v) is 12.5. The van der Waals surface area contributed by atoms with Crippen LogP contribution in [0.5, 0.6) is 0 Å². The molecule has 110 valence electrons. The first-order valence-corrected chi connectivity index (χ1v) is 7.06. The van der Waals surface area contributed by atoms with Gasteiger partial charge in [-0.2, -0.15) is 0 Å². The number of hydrogen-bond acceptors (Lipinski definition) is 4. The van der Waals surface area contributed by atoms with Gasteiger partial charge in [0, 0.05) is 42.8 Å². The highest BCUT2D eigenvalue weighted by atomic mass is 32.1. The van der Waals surface area contributed by atoms with Crippen LogP contribution in [0.15, 0.2) is 29.9 Å². The molecule has 2 rings (SSSR count). The lowest BCUT2D eigenvalue weighted by Crippen LogP contribution is -2.27. The van der Waals surface area contributed by atoms with Gasteiger partial charge in [-0.1, -0.05) is 0 Å². The summed E-state index contributed by atoms with van der Waals surface area (Å²) >= 11 is 1.33. The van der Waals surface area contributed by atoms with E-state index >= 15 is 0 Å². The van der Waals surface area contributed by atoms with E-state index in [0.29, 0.717) is 12.1 Å². The number of carbonyl (C=O) groups is 2. The number of carboxylic acids is 1. The number of hydrogen-bond donors (Lipinski definition) is 1. The minimum atomic E-state index is -1.01. The van der Waals surface area contributed by atoms with Crippen molar-refractivity contribution < 1.29 is 14.7 Å². The van der Waals surface area contributed by atoms with Crippen molar-refractivity contribution in [2.45, 2.75) is 6.54 Å². The Balaban J connectivity index is 2.06. The molecule has 1 N–H and O–H groups in total. The fourth-order valence-electron chi connectivity index (χ4n) is 1.76. The van der Waals surface area contributed by atoms with Crippen LogP contribution in [0.4, 0.5) is 0 Å². The van der Waals surface area contributed by atoms with Crippen LogP contribution in [0.1, 0.15) is 21.1 Å². The highest BCUT2D eigenvalue weighted by Gasteiger charge is 2.15. The lowest BCUT2D eigenvalue weighted by Gasteiger charge is -2.15. The maximum atomic E-state index is 12.3. The Morgan fingerprint density at radius 2 is 2.29 bits per heavy atom. The van der Waals surface area contributed by atoms with E-state index in [4.69, 9.17) is 5.11 Å². The molecule has 7 heteroatoms. The third-order valence-electron chi connectivity index (χ3n) is 2.90. The molecule has 0 saturated heterocycles. The van der Waals surface area contributed by atoms with Crippen LogP contribution in [0.3, 0.4) is 0 Å². The van der Waals surface area contributed by atoms with Gasteiger partial charge in [-0.25, -0.2) is 9.78 Å². The van der Waals surface area contributed by atoms with E-state index in [-0.39, 0.29) is 5.91 Å². The van der Waals surface area contributed by atoms with Crippen LogP contribution in [-0.2, 0) is 18.4 Å². The van der Waals surface area contributed by atoms with Gasteiger partial charge in [-0.3, -0.25) is 4.79 Å². The number of aryl methyl sites for hydroxylation is 1. The molecule has 2 aromatic rings. The number of aromatic nitrogens is 2. The lowest BCUT2D eigenvalue weighted by molar-refractivity contribution is -0.131. The Kier molecular flexibility index (Phi) is 4.54. The molecule has 2 heterocycles. The summed E-state index contributed by atoms with van der Waals surface area (Å²) in [6.07, 6.45) is 6.04. The molecule has 0 atom stereocenters. The number of thiophene rings is 1. The predicted octanol–water partition coefficient (Wildman–Crippen LogP) is 1.85. The summed E-state index contributed by atoms with van der Waals surface area (Å²) in [5.41, 5.74) is 0.543. The van der Waals surface area contributed by atoms with E-state index in [0.717, 1.165) is 16.8 Å². The molecule has 0 spiro atoms. The number of carboxylic acid groups (broad SMARTS) is 1. The minimum absolute atomic E-state index is 0.121. The largest absolute Gasteiger partial charge is 0.478 e. The van der Waals surface area contributed by atoms with Crippen LogP contribution in [0, 0.1) is 0 Å². The van der Waals surface area contributed by atoms with Crippen molar-refractivity contribution in [3.8, 4) is 0 Å². The van der Waals surface area contributed by atoms with Crippen molar-refractivity contribution in [3.63, 3.8) is 0 Å². The quantitative estimate of drug-likeness (QED) is 0.855. The first kappa shape index (κ1) is 15.0. The van der Waals surface area contributed by atoms with Crippen LogP contribution >= 0.6 is 11.3 Å². The number of carbonyl (C=O) groups excluding carboxylic acids is 1. The molecule has 0 radical (unpaired) electrons. The first-order valence-electron chi connectivity index (χ1n) is 6.18. The Morgan fingerprint density at radius 3 is 2.90 bits per heavy atom. The Hall–Kier alpha value is -2.41. The molecule has 0 aliphatic heterocycles. The van der Waals surface area contributed by atoms with Crippen LogP contribution in [0.25, 0.3) is 6.08 Å². The lowest BCUT2D eigenvalue weighted by atomic mass is 10.2. The van der Waals surface area contributed by atoms with Gasteiger partial charge in [0.25, 0.3) is 5.91 Å². The summed E-state index contributed by atoms with van der Waals surface area (Å²) in [6.45, 7) is 0.415. The van der Waals surface area contributed by atoms with Crippen molar-refractivity contribution in [1.29, 1.82) is 0 Å². The monoisotopic (exact) mass is 305 g/mol. The van der Waals surface area contributed by atoms with E-state index in [2.05, 4.69) is 4.98 Å². The number of nitrogens with zero attached hydrogens (tertiary/aromatic N) is 3. The average molecular weight is 305 g/mol. The molecular formula is C14H15N3O3S. The topological polar surface area (TPSA) is 75.4 Å². The van der Waals surface area contributed by atoms with Crippen molar-refractivity contribution in [3.05, 3.63) is 46.2 Å². The maximum Gasteiger partial charge on any atom is 0.328 e. The summed E-state index contributed by atoms with van der Waals surface area (Å²) in [5, 5.41) is 10.3. The molecule has 0 aromatic carbocycles. The third-order valence-corrected chi connectivity index (χ3v) is 3.80. The molecule has 0 fully saturated rings. The molecule has 21 heavy (non-hydrogen) atoms. The second-order valence-electron chi connectivity index (χ2n) is 4.52. The highest BCUT2D eigenvalue weighted by molar-refractivity contribution is 7.11. The SMILES string of the molecule is CN(Cc1nccn1C)C(=O)c1csc(C=CC(=O)O)c1. The van der Waals surface area contributed by atoms with E-state index in [1.807, 2.05) is 17.8 Å². The Bertz CT molecular complexity index is 687. The second-order valence-corrected chi connectivity index (χ2v) is 5.47. The Labute approximate surface area is 126 Å². The summed E-state index contributed by atoms with van der Waals surface area (Å²) in [5.74, 6) is -0.334. The maximum absolute atomic E-state index is 12.3. The smallest absolute Gasteiger partial charge is 0.328 e. The first-order chi connectivity index (χ1) is 9.97. The van der Waals surface area contributed by atoms with Crippen molar-refractivity contribution in [1.82, 2.24) is 14.5 Å². The van der Waals surface area contributed by atoms with Crippen LogP contribution in [0.2, 0.25) is 0 Å². The standard InChI is InChI=1S/C14H15N3O3S/c1-16-6-5-15-12(16)8-17(2)14(20)10-7-11(21-9-10)3-4-13(18)19/h3-7,9H,8H2,1-2H3,(H,18,19). The van der Waals surface area contributed by atoms with Gasteiger partial charge in [0.15, 0.2) is 0 Å². The van der Waals surface area contributed by atoms with Gasteiger partial charge >= 0.3 is 5.97 Å². The van der Waals surface area contributed by atoms with Crippen LogP contribution < -0.4 is 0 Å². The van der Waals surface area contributed by atoms with Crippen molar-refractivity contribution >= 4 is 29.3 Å². The van der Waals surface area contributed by atoms with Gasteiger partial charge in [-0.15, -0.1) is 11.3 Å². The highest BCUT2D eigenvalue weighted by Crippen LogP contribution is 2.18. The summed E-state index contributed by atoms with van der Waals surface area (Å²) in [7, 11) is 3.58. The molecule has 0 saturated carbocycles. The molecular weight excluding hydrogens is 290 g/mol. The van der Waals surface area contributed by atoms with Gasteiger partial charge in [0.05, 0.1) is 12.1 Å². The molecule has 0 aliphatic carbocycles. The number of imidazole rings is 1. The zero-order chi connectivity index (χ0) is 15.4. The molecule has 2 aromatic heterocycles. The summed E-state index contributed by atoms with van der Waals surface area (Å²) in [6, 6.07) is 1.68. The van der Waals surface area contributed by atoms with E-state index < -0.39 is 5.97 Å². The second kappa shape index (κ2) is 6.36. The zero-order valence-electron chi connectivity index (χ0n) is 11.7. The van der Waals surface area contributed by atoms with E-state index in [1.54, 1.807) is 29.6 Å². The molecule has 1 amide bonds. The van der Waals surface area contributed by atoms with Gasteiger partial charge in [-0.05, 0) is 12.1 Å².